The summed E-state index contributed by atoms with van der Waals surface area (Å²) in [7, 11) is 0. The Kier molecular flexibility index (Phi) is 4.88. The fourth-order valence-corrected chi connectivity index (χ4v) is 3.14. The van der Waals surface area contributed by atoms with Crippen LogP contribution in [0.15, 0.2) is 36.7 Å². The number of hydrogen-bond donors (Lipinski definition) is 2. The van der Waals surface area contributed by atoms with Gasteiger partial charge in [-0.25, -0.2) is 4.68 Å². The first-order valence-electron chi connectivity index (χ1n) is 8.15. The Hall–Kier alpha value is -2.70. The number of hydrogen-bond acceptors (Lipinski definition) is 4. The van der Waals surface area contributed by atoms with E-state index in [-0.39, 0.29) is 11.9 Å². The van der Waals surface area contributed by atoms with Gasteiger partial charge in [0, 0.05) is 11.6 Å². The molecular formula is C17H20N4O3. The van der Waals surface area contributed by atoms with Gasteiger partial charge in [0.25, 0.3) is 5.91 Å². The summed E-state index contributed by atoms with van der Waals surface area (Å²) in [5.74, 6) is -1.58. The molecule has 7 nitrogen and oxygen atoms in total. The third kappa shape index (κ3) is 3.61. The highest BCUT2D eigenvalue weighted by Crippen LogP contribution is 2.24. The van der Waals surface area contributed by atoms with Crippen molar-refractivity contribution in [3.63, 3.8) is 0 Å². The number of carboxylic acids is 1. The van der Waals surface area contributed by atoms with Crippen LogP contribution in [0.3, 0.4) is 0 Å². The topological polar surface area (TPSA) is 97.1 Å². The molecule has 1 fully saturated rings. The summed E-state index contributed by atoms with van der Waals surface area (Å²) in [6, 6.07) is 6.67. The van der Waals surface area contributed by atoms with E-state index < -0.39 is 11.9 Å². The van der Waals surface area contributed by atoms with E-state index in [2.05, 4.69) is 15.6 Å². The highest BCUT2D eigenvalue weighted by molar-refractivity contribution is 5.94. The number of nitrogens with one attached hydrogen (secondary N) is 1. The molecule has 1 amide bonds. The molecule has 0 spiro atoms. The summed E-state index contributed by atoms with van der Waals surface area (Å²) in [4.78, 5) is 23.9. The Morgan fingerprint density at radius 3 is 2.54 bits per heavy atom. The number of carboxylic acid groups (broad SMARTS) is 1. The lowest BCUT2D eigenvalue weighted by molar-refractivity contribution is -0.142. The predicted molar refractivity (Wildman–Crippen MR) is 86.8 cm³/mol. The Morgan fingerprint density at radius 1 is 1.12 bits per heavy atom. The molecule has 2 atom stereocenters. The first-order valence-corrected chi connectivity index (χ1v) is 8.15. The molecule has 0 radical (unpaired) electrons. The van der Waals surface area contributed by atoms with Crippen LogP contribution in [0.5, 0.6) is 0 Å². The molecule has 2 aromatic rings. The molecule has 126 valence electrons. The highest BCUT2D eigenvalue weighted by atomic mass is 16.4. The fourth-order valence-electron chi connectivity index (χ4n) is 3.14. The molecule has 2 N–H and O–H groups in total. The molecule has 3 rings (SSSR count). The zero-order valence-corrected chi connectivity index (χ0v) is 13.3. The summed E-state index contributed by atoms with van der Waals surface area (Å²) in [5, 5.41) is 19.9. The highest BCUT2D eigenvalue weighted by Gasteiger charge is 2.30. The summed E-state index contributed by atoms with van der Waals surface area (Å²) >= 11 is 0. The zero-order valence-electron chi connectivity index (χ0n) is 13.3. The molecular weight excluding hydrogens is 308 g/mol. The Labute approximate surface area is 139 Å². The number of amides is 1. The van der Waals surface area contributed by atoms with Crippen molar-refractivity contribution in [2.24, 2.45) is 5.92 Å². The van der Waals surface area contributed by atoms with Gasteiger partial charge in [-0.3, -0.25) is 9.59 Å². The van der Waals surface area contributed by atoms with Gasteiger partial charge in [-0.2, -0.15) is 0 Å². The second-order valence-corrected chi connectivity index (χ2v) is 6.06. The van der Waals surface area contributed by atoms with Gasteiger partial charge in [-0.05, 0) is 37.1 Å². The minimum absolute atomic E-state index is 0.238. The molecule has 7 heteroatoms. The van der Waals surface area contributed by atoms with Gasteiger partial charge in [0.1, 0.15) is 0 Å². The van der Waals surface area contributed by atoms with Gasteiger partial charge in [0.15, 0.2) is 0 Å². The molecule has 1 saturated carbocycles. The van der Waals surface area contributed by atoms with E-state index in [0.29, 0.717) is 18.4 Å². The SMILES string of the molecule is O=C(N[C@H]1CCCCC[C@H]1C(=O)O)c1ccc(-n2ccnn2)cc1. The molecule has 1 aliphatic carbocycles. The summed E-state index contributed by atoms with van der Waals surface area (Å²) < 4.78 is 1.60. The van der Waals surface area contributed by atoms with Gasteiger partial charge in [-0.15, -0.1) is 5.10 Å². The molecule has 1 heterocycles. The van der Waals surface area contributed by atoms with E-state index >= 15 is 0 Å². The molecule has 1 aromatic heterocycles. The average molecular weight is 328 g/mol. The van der Waals surface area contributed by atoms with Crippen molar-refractivity contribution in [1.82, 2.24) is 20.3 Å². The van der Waals surface area contributed by atoms with E-state index in [1.807, 2.05) is 0 Å². The minimum Gasteiger partial charge on any atom is -0.481 e. The van der Waals surface area contributed by atoms with Gasteiger partial charge in [-0.1, -0.05) is 24.5 Å². The van der Waals surface area contributed by atoms with Crippen molar-refractivity contribution in [2.75, 3.05) is 0 Å². The van der Waals surface area contributed by atoms with Crippen LogP contribution >= 0.6 is 0 Å². The number of aliphatic carboxylic acids is 1. The van der Waals surface area contributed by atoms with E-state index in [4.69, 9.17) is 0 Å². The van der Waals surface area contributed by atoms with Crippen molar-refractivity contribution in [3.05, 3.63) is 42.2 Å². The van der Waals surface area contributed by atoms with Crippen molar-refractivity contribution >= 4 is 11.9 Å². The Balaban J connectivity index is 1.70. The average Bonchev–Trinajstić information content (AvgIpc) is 3.02. The maximum absolute atomic E-state index is 12.5. The van der Waals surface area contributed by atoms with Crippen LogP contribution in [-0.2, 0) is 4.79 Å². The maximum Gasteiger partial charge on any atom is 0.308 e. The Morgan fingerprint density at radius 2 is 1.88 bits per heavy atom. The van der Waals surface area contributed by atoms with E-state index in [9.17, 15) is 14.7 Å². The largest absolute Gasteiger partial charge is 0.481 e. The predicted octanol–water partition coefficient (Wildman–Crippen LogP) is 2.03. The minimum atomic E-state index is -0.830. The number of aromatic nitrogens is 3. The third-order valence-corrected chi connectivity index (χ3v) is 4.47. The molecule has 0 saturated heterocycles. The second kappa shape index (κ2) is 7.25. The smallest absolute Gasteiger partial charge is 0.308 e. The van der Waals surface area contributed by atoms with Crippen LogP contribution < -0.4 is 5.32 Å². The fraction of sp³-hybridized carbons (Fsp3) is 0.412. The summed E-state index contributed by atoms with van der Waals surface area (Å²) in [6.07, 6.45) is 7.49. The van der Waals surface area contributed by atoms with E-state index in [0.717, 1.165) is 24.9 Å². The van der Waals surface area contributed by atoms with Gasteiger partial charge in [0.05, 0.1) is 24.0 Å². The molecule has 0 unspecified atom stereocenters. The van der Waals surface area contributed by atoms with Crippen LogP contribution in [0.25, 0.3) is 5.69 Å². The van der Waals surface area contributed by atoms with Crippen molar-refractivity contribution < 1.29 is 14.7 Å². The van der Waals surface area contributed by atoms with Crippen LogP contribution in [-0.4, -0.2) is 38.0 Å². The van der Waals surface area contributed by atoms with Gasteiger partial charge < -0.3 is 10.4 Å². The van der Waals surface area contributed by atoms with E-state index in [1.54, 1.807) is 41.3 Å². The number of carbonyl (C=O) groups is 2. The van der Waals surface area contributed by atoms with Crippen molar-refractivity contribution in [3.8, 4) is 5.69 Å². The first-order chi connectivity index (χ1) is 11.6. The lowest BCUT2D eigenvalue weighted by atomic mass is 9.94. The van der Waals surface area contributed by atoms with Crippen molar-refractivity contribution in [2.45, 2.75) is 38.1 Å². The zero-order chi connectivity index (χ0) is 16.9. The monoisotopic (exact) mass is 328 g/mol. The number of rotatable bonds is 4. The lowest BCUT2D eigenvalue weighted by Crippen LogP contribution is -2.42. The summed E-state index contributed by atoms with van der Waals surface area (Å²) in [5.41, 5.74) is 1.31. The maximum atomic E-state index is 12.5. The normalized spacial score (nSPS) is 21.0. The van der Waals surface area contributed by atoms with Crippen LogP contribution in [0.2, 0.25) is 0 Å². The van der Waals surface area contributed by atoms with Crippen LogP contribution in [0.4, 0.5) is 0 Å². The van der Waals surface area contributed by atoms with Crippen LogP contribution in [0.1, 0.15) is 42.5 Å². The number of carbonyl (C=O) groups excluding carboxylic acids is 1. The lowest BCUT2D eigenvalue weighted by Gasteiger charge is -2.23. The molecule has 1 aliphatic rings. The number of nitrogens with zero attached hydrogens (tertiary/aromatic N) is 3. The Bertz CT molecular complexity index is 697. The standard InChI is InChI=1S/C17H20N4O3/c22-16(19-15-5-3-1-2-4-14(15)17(23)24)12-6-8-13(9-7-12)21-11-10-18-20-21/h6-11,14-15H,1-5H2,(H,19,22)(H,23,24)/t14-,15+/m1/s1. The van der Waals surface area contributed by atoms with Gasteiger partial charge in [0.2, 0.25) is 0 Å². The molecule has 24 heavy (non-hydrogen) atoms. The molecule has 0 aliphatic heterocycles. The molecule has 1 aromatic carbocycles. The first kappa shape index (κ1) is 16.2. The summed E-state index contributed by atoms with van der Waals surface area (Å²) in [6.45, 7) is 0. The van der Waals surface area contributed by atoms with Crippen LogP contribution in [0, 0.1) is 5.92 Å². The van der Waals surface area contributed by atoms with E-state index in [1.165, 1.54) is 0 Å². The van der Waals surface area contributed by atoms with Crippen molar-refractivity contribution in [1.29, 1.82) is 0 Å². The quantitative estimate of drug-likeness (QED) is 0.837. The number of benzene rings is 1. The van der Waals surface area contributed by atoms with Gasteiger partial charge >= 0.3 is 5.97 Å². The second-order valence-electron chi connectivity index (χ2n) is 6.06. The third-order valence-electron chi connectivity index (χ3n) is 4.47. The molecule has 0 bridgehead atoms.